The molecule has 0 aliphatic carbocycles. The van der Waals surface area contributed by atoms with Crippen LogP contribution in [0.3, 0.4) is 0 Å². The lowest BCUT2D eigenvalue weighted by Crippen LogP contribution is -2.40. The first kappa shape index (κ1) is 12.9. The molecule has 1 fully saturated rings. The number of nitrogens with zero attached hydrogens (tertiary/aromatic N) is 4. The summed E-state index contributed by atoms with van der Waals surface area (Å²) < 4.78 is 1.72. The predicted octanol–water partition coefficient (Wildman–Crippen LogP) is 2.80. The molecule has 1 atom stereocenters. The normalized spacial score (nSPS) is 21.1. The van der Waals surface area contributed by atoms with Gasteiger partial charge < -0.3 is 4.90 Å². The molecule has 1 unspecified atom stereocenters. The van der Waals surface area contributed by atoms with Gasteiger partial charge in [-0.25, -0.2) is 9.50 Å². The quantitative estimate of drug-likeness (QED) is 0.810. The third-order valence-electron chi connectivity index (χ3n) is 3.93. The standard InChI is InChI=1S/C14H19ClN4/c1-2-18-9-4-3-6-11(18)10-13-16-14-8-5-7-12(15)19(14)17-13/h5,7-8,11H,2-4,6,9-10H2,1H3. The highest BCUT2D eigenvalue weighted by molar-refractivity contribution is 6.29. The fourth-order valence-electron chi connectivity index (χ4n) is 2.92. The molecule has 1 aliphatic rings. The molecular weight excluding hydrogens is 260 g/mol. The van der Waals surface area contributed by atoms with E-state index in [1.165, 1.54) is 25.8 Å². The smallest absolute Gasteiger partial charge is 0.157 e. The van der Waals surface area contributed by atoms with Gasteiger partial charge in [0.15, 0.2) is 11.5 Å². The maximum Gasteiger partial charge on any atom is 0.157 e. The van der Waals surface area contributed by atoms with Crippen LogP contribution in [-0.2, 0) is 6.42 Å². The van der Waals surface area contributed by atoms with Crippen LogP contribution < -0.4 is 0 Å². The highest BCUT2D eigenvalue weighted by Crippen LogP contribution is 2.20. The summed E-state index contributed by atoms with van der Waals surface area (Å²) in [5, 5.41) is 5.14. The van der Waals surface area contributed by atoms with Gasteiger partial charge in [0.1, 0.15) is 5.15 Å². The maximum absolute atomic E-state index is 6.12. The Morgan fingerprint density at radius 2 is 2.26 bits per heavy atom. The van der Waals surface area contributed by atoms with Gasteiger partial charge in [-0.1, -0.05) is 31.0 Å². The molecule has 0 amide bonds. The number of aromatic nitrogens is 3. The number of piperidine rings is 1. The molecule has 3 rings (SSSR count). The summed E-state index contributed by atoms with van der Waals surface area (Å²) in [6, 6.07) is 6.27. The Bertz CT molecular complexity index is 566. The Balaban J connectivity index is 1.82. The first-order chi connectivity index (χ1) is 9.28. The van der Waals surface area contributed by atoms with Crippen LogP contribution in [-0.4, -0.2) is 38.6 Å². The monoisotopic (exact) mass is 278 g/mol. The first-order valence-corrected chi connectivity index (χ1v) is 7.40. The molecule has 2 aromatic rings. The van der Waals surface area contributed by atoms with Crippen LogP contribution in [0.2, 0.25) is 5.15 Å². The van der Waals surface area contributed by atoms with E-state index < -0.39 is 0 Å². The van der Waals surface area contributed by atoms with Crippen LogP contribution in [0.25, 0.3) is 5.65 Å². The molecule has 0 bridgehead atoms. The van der Waals surface area contributed by atoms with E-state index in [4.69, 9.17) is 11.6 Å². The van der Waals surface area contributed by atoms with Crippen molar-refractivity contribution in [1.29, 1.82) is 0 Å². The molecule has 4 nitrogen and oxygen atoms in total. The SMILES string of the molecule is CCN1CCCCC1Cc1nc2cccc(Cl)n2n1. The zero-order chi connectivity index (χ0) is 13.2. The highest BCUT2D eigenvalue weighted by Gasteiger charge is 2.22. The predicted molar refractivity (Wildman–Crippen MR) is 76.6 cm³/mol. The molecule has 1 saturated heterocycles. The molecule has 0 spiro atoms. The molecule has 19 heavy (non-hydrogen) atoms. The summed E-state index contributed by atoms with van der Waals surface area (Å²) in [7, 11) is 0. The second kappa shape index (κ2) is 5.47. The Morgan fingerprint density at radius 1 is 1.37 bits per heavy atom. The highest BCUT2D eigenvalue weighted by atomic mass is 35.5. The number of halogens is 1. The lowest BCUT2D eigenvalue weighted by Gasteiger charge is -2.34. The number of hydrogen-bond donors (Lipinski definition) is 0. The molecule has 0 aromatic carbocycles. The summed E-state index contributed by atoms with van der Waals surface area (Å²) in [4.78, 5) is 7.12. The van der Waals surface area contributed by atoms with E-state index >= 15 is 0 Å². The minimum Gasteiger partial charge on any atom is -0.300 e. The van der Waals surface area contributed by atoms with Crippen molar-refractivity contribution in [3.8, 4) is 0 Å². The molecule has 1 aliphatic heterocycles. The number of rotatable bonds is 3. The topological polar surface area (TPSA) is 33.4 Å². The molecule has 2 aromatic heterocycles. The van der Waals surface area contributed by atoms with Crippen LogP contribution >= 0.6 is 11.6 Å². The van der Waals surface area contributed by atoms with Crippen molar-refractivity contribution in [3.05, 3.63) is 29.2 Å². The van der Waals surface area contributed by atoms with Crippen molar-refractivity contribution < 1.29 is 0 Å². The van der Waals surface area contributed by atoms with Gasteiger partial charge >= 0.3 is 0 Å². The number of likely N-dealkylation sites (N-methyl/N-ethyl adjacent to an activating group) is 1. The Labute approximate surface area is 118 Å². The van der Waals surface area contributed by atoms with Crippen molar-refractivity contribution in [2.75, 3.05) is 13.1 Å². The van der Waals surface area contributed by atoms with Crippen LogP contribution in [0, 0.1) is 0 Å². The Kier molecular flexibility index (Phi) is 3.71. The number of hydrogen-bond acceptors (Lipinski definition) is 3. The van der Waals surface area contributed by atoms with Gasteiger partial charge in [-0.2, -0.15) is 0 Å². The molecule has 3 heterocycles. The van der Waals surface area contributed by atoms with Crippen molar-refractivity contribution in [2.45, 2.75) is 38.6 Å². The van der Waals surface area contributed by atoms with E-state index in [9.17, 15) is 0 Å². The zero-order valence-corrected chi connectivity index (χ0v) is 12.0. The third-order valence-corrected chi connectivity index (χ3v) is 4.22. The van der Waals surface area contributed by atoms with Crippen molar-refractivity contribution >= 4 is 17.2 Å². The lowest BCUT2D eigenvalue weighted by atomic mass is 9.99. The summed E-state index contributed by atoms with van der Waals surface area (Å²) in [5.41, 5.74) is 0.835. The molecule has 0 radical (unpaired) electrons. The Morgan fingerprint density at radius 3 is 3.05 bits per heavy atom. The van der Waals surface area contributed by atoms with E-state index in [2.05, 4.69) is 21.9 Å². The van der Waals surface area contributed by atoms with Gasteiger partial charge in [-0.3, -0.25) is 0 Å². The molecule has 0 saturated carbocycles. The van der Waals surface area contributed by atoms with Crippen LogP contribution in [0.5, 0.6) is 0 Å². The minimum absolute atomic E-state index is 0.579. The van der Waals surface area contributed by atoms with E-state index in [0.717, 1.165) is 24.4 Å². The van der Waals surface area contributed by atoms with Gasteiger partial charge in [0.2, 0.25) is 0 Å². The number of likely N-dealkylation sites (tertiary alicyclic amines) is 1. The second-order valence-corrected chi connectivity index (χ2v) is 5.52. The minimum atomic E-state index is 0.579. The van der Waals surface area contributed by atoms with Crippen LogP contribution in [0.15, 0.2) is 18.2 Å². The lowest BCUT2D eigenvalue weighted by molar-refractivity contribution is 0.154. The maximum atomic E-state index is 6.12. The third kappa shape index (κ3) is 2.60. The summed E-state index contributed by atoms with van der Waals surface area (Å²) >= 11 is 6.12. The summed E-state index contributed by atoms with van der Waals surface area (Å²) in [5.74, 6) is 0.901. The summed E-state index contributed by atoms with van der Waals surface area (Å²) in [6.45, 7) is 4.54. The zero-order valence-electron chi connectivity index (χ0n) is 11.2. The van der Waals surface area contributed by atoms with Gasteiger partial charge in [-0.05, 0) is 38.1 Å². The molecular formula is C14H19ClN4. The molecule has 102 valence electrons. The fraction of sp³-hybridized carbons (Fsp3) is 0.571. The van der Waals surface area contributed by atoms with Crippen LogP contribution in [0.1, 0.15) is 32.0 Å². The van der Waals surface area contributed by atoms with Crippen LogP contribution in [0.4, 0.5) is 0 Å². The largest absolute Gasteiger partial charge is 0.300 e. The van der Waals surface area contributed by atoms with E-state index in [-0.39, 0.29) is 0 Å². The summed E-state index contributed by atoms with van der Waals surface area (Å²) in [6.07, 6.45) is 4.80. The number of pyridine rings is 1. The van der Waals surface area contributed by atoms with Crippen molar-refractivity contribution in [1.82, 2.24) is 19.5 Å². The second-order valence-electron chi connectivity index (χ2n) is 5.13. The Hall–Kier alpha value is -1.13. The van der Waals surface area contributed by atoms with Gasteiger partial charge in [0.25, 0.3) is 0 Å². The van der Waals surface area contributed by atoms with E-state index in [0.29, 0.717) is 11.2 Å². The molecule has 0 N–H and O–H groups in total. The van der Waals surface area contributed by atoms with Gasteiger partial charge in [-0.15, -0.1) is 5.10 Å². The fourth-order valence-corrected chi connectivity index (χ4v) is 3.12. The average Bonchev–Trinajstić information content (AvgIpc) is 2.83. The van der Waals surface area contributed by atoms with Crippen molar-refractivity contribution in [2.24, 2.45) is 0 Å². The van der Waals surface area contributed by atoms with Gasteiger partial charge in [0, 0.05) is 12.5 Å². The van der Waals surface area contributed by atoms with E-state index in [1.807, 2.05) is 18.2 Å². The van der Waals surface area contributed by atoms with Gasteiger partial charge in [0.05, 0.1) is 0 Å². The molecule has 5 heteroatoms. The number of fused-ring (bicyclic) bond motifs is 1. The van der Waals surface area contributed by atoms with Crippen molar-refractivity contribution in [3.63, 3.8) is 0 Å². The van der Waals surface area contributed by atoms with E-state index in [1.54, 1.807) is 4.52 Å². The first-order valence-electron chi connectivity index (χ1n) is 7.02. The average molecular weight is 279 g/mol.